The normalized spacial score (nSPS) is 13.3. The molecule has 0 heterocycles. The summed E-state index contributed by atoms with van der Waals surface area (Å²) in [5.74, 6) is -5.32. The summed E-state index contributed by atoms with van der Waals surface area (Å²) in [6, 6.07) is -2.10. The molecular formula is C20H30N2O9. The van der Waals surface area contributed by atoms with Gasteiger partial charge in [0.05, 0.1) is 32.3 Å². The summed E-state index contributed by atoms with van der Waals surface area (Å²) in [4.78, 5) is 71.6. The molecule has 2 atom stereocenters. The van der Waals surface area contributed by atoms with Crippen molar-refractivity contribution < 1.29 is 43.0 Å². The van der Waals surface area contributed by atoms with E-state index in [0.717, 1.165) is 14.0 Å². The maximum absolute atomic E-state index is 12.9. The Labute approximate surface area is 180 Å². The molecule has 0 radical (unpaired) electrons. The number of methoxy groups -OCH3 is 2. The molecule has 0 fully saturated rings. The molecule has 0 spiro atoms. The van der Waals surface area contributed by atoms with E-state index < -0.39 is 59.3 Å². The maximum Gasteiger partial charge on any atom is 0.374 e. The summed E-state index contributed by atoms with van der Waals surface area (Å²) >= 11 is 0. The molecule has 0 unspecified atom stereocenters. The van der Waals surface area contributed by atoms with Crippen LogP contribution < -0.4 is 10.6 Å². The van der Waals surface area contributed by atoms with Gasteiger partial charge >= 0.3 is 17.9 Å². The van der Waals surface area contributed by atoms with Crippen molar-refractivity contribution in [1.29, 1.82) is 0 Å². The van der Waals surface area contributed by atoms with Crippen LogP contribution in [0, 0.1) is 5.92 Å². The van der Waals surface area contributed by atoms with E-state index in [-0.39, 0.29) is 18.4 Å². The van der Waals surface area contributed by atoms with E-state index >= 15 is 0 Å². The molecule has 11 nitrogen and oxygen atoms in total. The predicted molar refractivity (Wildman–Crippen MR) is 107 cm³/mol. The van der Waals surface area contributed by atoms with Crippen molar-refractivity contribution >= 4 is 35.5 Å². The molecule has 0 rings (SSSR count). The average Bonchev–Trinajstić information content (AvgIpc) is 2.69. The fraction of sp³-hybridized carbons (Fsp3) is 0.600. The molecule has 11 heteroatoms. The van der Waals surface area contributed by atoms with Crippen LogP contribution in [0.5, 0.6) is 0 Å². The molecule has 2 amide bonds. The average molecular weight is 442 g/mol. The molecule has 0 bridgehead atoms. The number of ketones is 1. The zero-order valence-electron chi connectivity index (χ0n) is 18.8. The van der Waals surface area contributed by atoms with Gasteiger partial charge in [-0.05, 0) is 19.8 Å². The first-order valence-corrected chi connectivity index (χ1v) is 9.57. The summed E-state index contributed by atoms with van der Waals surface area (Å²) in [6.07, 6.45) is -0.301. The van der Waals surface area contributed by atoms with Gasteiger partial charge in [-0.25, -0.2) is 4.79 Å². The molecule has 0 aliphatic rings. The fourth-order valence-electron chi connectivity index (χ4n) is 2.44. The highest BCUT2D eigenvalue weighted by Gasteiger charge is 2.31. The lowest BCUT2D eigenvalue weighted by atomic mass is 9.93. The van der Waals surface area contributed by atoms with Crippen LogP contribution in [-0.4, -0.2) is 61.8 Å². The Balaban J connectivity index is 5.36. The van der Waals surface area contributed by atoms with E-state index in [1.165, 1.54) is 21.0 Å². The van der Waals surface area contributed by atoms with Gasteiger partial charge in [0, 0.05) is 13.3 Å². The lowest BCUT2D eigenvalue weighted by Gasteiger charge is -2.21. The number of ether oxygens (including phenoxy) is 3. The Kier molecular flexibility index (Phi) is 11.8. The Morgan fingerprint density at radius 3 is 1.84 bits per heavy atom. The third-order valence-electron chi connectivity index (χ3n) is 4.01. The smallest absolute Gasteiger partial charge is 0.374 e. The van der Waals surface area contributed by atoms with Gasteiger partial charge in [0.1, 0.15) is 6.04 Å². The van der Waals surface area contributed by atoms with Crippen molar-refractivity contribution in [2.75, 3.05) is 14.2 Å². The van der Waals surface area contributed by atoms with Gasteiger partial charge < -0.3 is 24.8 Å². The van der Waals surface area contributed by atoms with Crippen LogP contribution in [0.4, 0.5) is 0 Å². The molecule has 0 aromatic heterocycles. The van der Waals surface area contributed by atoms with Gasteiger partial charge in [-0.3, -0.25) is 24.0 Å². The zero-order chi connectivity index (χ0) is 24.3. The van der Waals surface area contributed by atoms with E-state index in [0.29, 0.717) is 0 Å². The lowest BCUT2D eigenvalue weighted by molar-refractivity contribution is -0.149. The Bertz CT molecular complexity index is 756. The van der Waals surface area contributed by atoms with Gasteiger partial charge in [0.2, 0.25) is 17.6 Å². The molecule has 31 heavy (non-hydrogen) atoms. The zero-order valence-corrected chi connectivity index (χ0v) is 18.8. The minimum Gasteiger partial charge on any atom is -0.469 e. The molecule has 0 aromatic carbocycles. The summed E-state index contributed by atoms with van der Waals surface area (Å²) in [5, 5.41) is 4.85. The second-order valence-electron chi connectivity index (χ2n) is 6.94. The van der Waals surface area contributed by atoms with Crippen LogP contribution in [0.3, 0.4) is 0 Å². The monoisotopic (exact) mass is 442 g/mol. The van der Waals surface area contributed by atoms with Gasteiger partial charge in [-0.2, -0.15) is 0 Å². The van der Waals surface area contributed by atoms with Gasteiger partial charge in [-0.1, -0.05) is 13.8 Å². The van der Waals surface area contributed by atoms with Crippen molar-refractivity contribution in [2.24, 2.45) is 5.92 Å². The highest BCUT2D eigenvalue weighted by molar-refractivity contribution is 6.07. The maximum atomic E-state index is 12.9. The van der Waals surface area contributed by atoms with E-state index in [1.807, 2.05) is 0 Å². The molecule has 0 aliphatic carbocycles. The highest BCUT2D eigenvalue weighted by Crippen LogP contribution is 2.20. The number of hydrogen-bond donors (Lipinski definition) is 2. The molecule has 0 saturated carbocycles. The Hall–Kier alpha value is -3.24. The molecule has 174 valence electrons. The van der Waals surface area contributed by atoms with Crippen molar-refractivity contribution in [3.05, 3.63) is 11.3 Å². The predicted octanol–water partition coefficient (Wildman–Crippen LogP) is 0.164. The van der Waals surface area contributed by atoms with E-state index in [9.17, 15) is 28.8 Å². The summed E-state index contributed by atoms with van der Waals surface area (Å²) in [7, 11) is 2.27. The standard InChI is InChI=1S/C20H30N2O9/c1-10(2)16(18(20(28)30-7)31-13(5)23)17(26)11(3)22-19(27)12(4)21-14(24)8-9-15(25)29-6/h10-12H,8-9H2,1-7H3,(H,21,24)(H,22,27)/t11-,12-/m0/s1. The van der Waals surface area contributed by atoms with Gasteiger partial charge in [0.25, 0.3) is 0 Å². The van der Waals surface area contributed by atoms with Crippen molar-refractivity contribution in [2.45, 2.75) is 59.5 Å². The SMILES string of the molecule is COC(=O)CCC(=O)N[C@@H](C)C(=O)N[C@@H](C)C(=O)C(=C(OC(C)=O)C(=O)OC)C(C)C. The topological polar surface area (TPSA) is 154 Å². The Morgan fingerprint density at radius 1 is 0.806 bits per heavy atom. The van der Waals surface area contributed by atoms with Crippen molar-refractivity contribution in [1.82, 2.24) is 10.6 Å². The minimum atomic E-state index is -1.10. The molecule has 0 saturated heterocycles. The van der Waals surface area contributed by atoms with Crippen LogP contribution >= 0.6 is 0 Å². The number of hydrogen-bond acceptors (Lipinski definition) is 9. The largest absolute Gasteiger partial charge is 0.469 e. The number of nitrogens with one attached hydrogen (secondary N) is 2. The third-order valence-corrected chi connectivity index (χ3v) is 4.01. The van der Waals surface area contributed by atoms with E-state index in [1.54, 1.807) is 13.8 Å². The molecular weight excluding hydrogens is 412 g/mol. The molecule has 0 aromatic rings. The first kappa shape index (κ1) is 27.8. The number of carbonyl (C=O) groups excluding carboxylic acids is 6. The van der Waals surface area contributed by atoms with Gasteiger partial charge in [-0.15, -0.1) is 0 Å². The summed E-state index contributed by atoms with van der Waals surface area (Å²) < 4.78 is 13.9. The van der Waals surface area contributed by atoms with Crippen LogP contribution in [0.1, 0.15) is 47.5 Å². The van der Waals surface area contributed by atoms with Crippen LogP contribution in [0.15, 0.2) is 11.3 Å². The third kappa shape index (κ3) is 9.41. The van der Waals surface area contributed by atoms with Crippen molar-refractivity contribution in [3.8, 4) is 0 Å². The molecule has 0 aliphatic heterocycles. The van der Waals surface area contributed by atoms with Gasteiger partial charge in [0.15, 0.2) is 5.78 Å². The summed E-state index contributed by atoms with van der Waals surface area (Å²) in [6.45, 7) is 7.08. The number of carbonyl (C=O) groups is 6. The lowest BCUT2D eigenvalue weighted by Crippen LogP contribution is -2.50. The second-order valence-corrected chi connectivity index (χ2v) is 6.94. The fourth-order valence-corrected chi connectivity index (χ4v) is 2.44. The minimum absolute atomic E-state index is 0.121. The number of rotatable bonds is 11. The summed E-state index contributed by atoms with van der Waals surface area (Å²) in [5.41, 5.74) is -0.121. The van der Waals surface area contributed by atoms with Crippen LogP contribution in [0.25, 0.3) is 0 Å². The van der Waals surface area contributed by atoms with E-state index in [4.69, 9.17) is 4.74 Å². The van der Waals surface area contributed by atoms with Crippen molar-refractivity contribution in [3.63, 3.8) is 0 Å². The number of esters is 3. The highest BCUT2D eigenvalue weighted by atomic mass is 16.6. The quantitative estimate of drug-likeness (QED) is 0.197. The van der Waals surface area contributed by atoms with Crippen LogP contribution in [0.2, 0.25) is 0 Å². The number of Topliss-reactive ketones (excluding diaryl/α,β-unsaturated/α-hetero) is 1. The second kappa shape index (κ2) is 13.1. The first-order chi connectivity index (χ1) is 14.3. The van der Waals surface area contributed by atoms with Crippen LogP contribution in [-0.2, 0) is 43.0 Å². The first-order valence-electron chi connectivity index (χ1n) is 9.57. The molecule has 2 N–H and O–H groups in total. The van der Waals surface area contributed by atoms with E-state index in [2.05, 4.69) is 20.1 Å². The number of amides is 2. The Morgan fingerprint density at radius 2 is 1.39 bits per heavy atom.